The second-order valence-corrected chi connectivity index (χ2v) is 6.27. The topological polar surface area (TPSA) is 46.3 Å². The summed E-state index contributed by atoms with van der Waals surface area (Å²) in [6.07, 6.45) is 6.88. The zero-order chi connectivity index (χ0) is 13.7. The van der Waals surface area contributed by atoms with Gasteiger partial charge in [-0.05, 0) is 43.9 Å². The molecule has 1 unspecified atom stereocenters. The average molecular weight is 254 g/mol. The van der Waals surface area contributed by atoms with Crippen LogP contribution in [0.2, 0.25) is 0 Å². The summed E-state index contributed by atoms with van der Waals surface area (Å²) >= 11 is 0. The van der Waals surface area contributed by atoms with Crippen molar-refractivity contribution >= 4 is 5.91 Å². The van der Waals surface area contributed by atoms with Crippen LogP contribution in [0.25, 0.3) is 0 Å². The fourth-order valence-corrected chi connectivity index (χ4v) is 2.99. The third-order valence-electron chi connectivity index (χ3n) is 4.33. The molecular weight excluding hydrogens is 224 g/mol. The summed E-state index contributed by atoms with van der Waals surface area (Å²) in [7, 11) is 1.93. The summed E-state index contributed by atoms with van der Waals surface area (Å²) in [5.74, 6) is 1.48. The molecule has 0 aliphatic heterocycles. The van der Waals surface area contributed by atoms with Crippen molar-refractivity contribution < 1.29 is 4.79 Å². The van der Waals surface area contributed by atoms with Gasteiger partial charge in [-0.3, -0.25) is 4.79 Å². The van der Waals surface area contributed by atoms with E-state index in [1.54, 1.807) is 0 Å². The second kappa shape index (κ2) is 7.13. The Morgan fingerprint density at radius 1 is 1.28 bits per heavy atom. The highest BCUT2D eigenvalue weighted by atomic mass is 16.2. The molecule has 0 saturated heterocycles. The van der Waals surface area contributed by atoms with Gasteiger partial charge in [-0.15, -0.1) is 0 Å². The molecule has 2 N–H and O–H groups in total. The highest BCUT2D eigenvalue weighted by molar-refractivity contribution is 5.81. The van der Waals surface area contributed by atoms with E-state index >= 15 is 0 Å². The van der Waals surface area contributed by atoms with Crippen LogP contribution in [0, 0.1) is 11.8 Å². The fourth-order valence-electron chi connectivity index (χ4n) is 2.99. The van der Waals surface area contributed by atoms with Crippen molar-refractivity contribution in [3.8, 4) is 0 Å². The molecule has 1 amide bonds. The summed E-state index contributed by atoms with van der Waals surface area (Å²) in [5.41, 5.74) is 5.99. The molecule has 0 aromatic rings. The van der Waals surface area contributed by atoms with E-state index in [4.69, 9.17) is 5.73 Å². The molecule has 0 aromatic heterocycles. The van der Waals surface area contributed by atoms with Gasteiger partial charge >= 0.3 is 0 Å². The Balaban J connectivity index is 2.44. The van der Waals surface area contributed by atoms with Crippen LogP contribution in [0.5, 0.6) is 0 Å². The third-order valence-corrected chi connectivity index (χ3v) is 4.33. The van der Waals surface area contributed by atoms with Gasteiger partial charge in [0.15, 0.2) is 0 Å². The Labute approximate surface area is 112 Å². The third kappa shape index (κ3) is 4.27. The van der Waals surface area contributed by atoms with E-state index < -0.39 is 0 Å². The first-order chi connectivity index (χ1) is 8.45. The van der Waals surface area contributed by atoms with Gasteiger partial charge in [0.2, 0.25) is 5.91 Å². The zero-order valence-electron chi connectivity index (χ0n) is 12.5. The Bertz CT molecular complexity index is 257. The smallest absolute Gasteiger partial charge is 0.239 e. The molecule has 0 radical (unpaired) electrons. The molecule has 3 nitrogen and oxygen atoms in total. The van der Waals surface area contributed by atoms with E-state index in [1.807, 2.05) is 11.9 Å². The summed E-state index contributed by atoms with van der Waals surface area (Å²) < 4.78 is 0. The molecule has 1 fully saturated rings. The number of rotatable bonds is 5. The molecule has 1 saturated carbocycles. The largest absolute Gasteiger partial charge is 0.341 e. The van der Waals surface area contributed by atoms with Gasteiger partial charge in [0.1, 0.15) is 0 Å². The first-order valence-electron chi connectivity index (χ1n) is 7.47. The van der Waals surface area contributed by atoms with Crippen molar-refractivity contribution in [2.45, 2.75) is 71.4 Å². The summed E-state index contributed by atoms with van der Waals surface area (Å²) in [6, 6.07) is 0.0948. The molecule has 0 heterocycles. The van der Waals surface area contributed by atoms with Gasteiger partial charge in [-0.1, -0.05) is 27.2 Å². The predicted molar refractivity (Wildman–Crippen MR) is 76.2 cm³/mol. The number of hydrogen-bond donors (Lipinski definition) is 1. The average Bonchev–Trinajstić information content (AvgIpc) is 2.36. The van der Waals surface area contributed by atoms with Crippen LogP contribution in [0.3, 0.4) is 0 Å². The van der Waals surface area contributed by atoms with Crippen LogP contribution >= 0.6 is 0 Å². The van der Waals surface area contributed by atoms with Gasteiger partial charge in [0.05, 0.1) is 6.04 Å². The molecular formula is C15H30N2O. The molecule has 106 valence electrons. The van der Waals surface area contributed by atoms with Gasteiger partial charge < -0.3 is 10.6 Å². The van der Waals surface area contributed by atoms with E-state index in [0.717, 1.165) is 25.2 Å². The van der Waals surface area contributed by atoms with Crippen molar-refractivity contribution in [1.82, 2.24) is 4.90 Å². The first-order valence-corrected chi connectivity index (χ1v) is 7.47. The van der Waals surface area contributed by atoms with Crippen molar-refractivity contribution in [2.24, 2.45) is 17.6 Å². The normalized spacial score (nSPS) is 26.1. The molecule has 1 rings (SSSR count). The molecule has 1 atom stereocenters. The van der Waals surface area contributed by atoms with Gasteiger partial charge in [-0.25, -0.2) is 0 Å². The fraction of sp³-hybridized carbons (Fsp3) is 0.933. The lowest BCUT2D eigenvalue weighted by atomic mass is 9.84. The SMILES string of the molecule is CCC1CCC(N(C)C(=O)C(N)CC(C)C)CC1. The predicted octanol–water partition coefficient (Wildman–Crippen LogP) is 2.79. The van der Waals surface area contributed by atoms with Crippen LogP contribution in [0.4, 0.5) is 0 Å². The Morgan fingerprint density at radius 2 is 1.83 bits per heavy atom. The number of nitrogens with two attached hydrogens (primary N) is 1. The molecule has 0 aromatic carbocycles. The summed E-state index contributed by atoms with van der Waals surface area (Å²) in [5, 5.41) is 0. The number of carbonyl (C=O) groups excluding carboxylic acids is 1. The highest BCUT2D eigenvalue weighted by Gasteiger charge is 2.28. The zero-order valence-corrected chi connectivity index (χ0v) is 12.5. The van der Waals surface area contributed by atoms with Crippen LogP contribution in [0.15, 0.2) is 0 Å². The van der Waals surface area contributed by atoms with E-state index in [1.165, 1.54) is 19.3 Å². The maximum absolute atomic E-state index is 12.2. The lowest BCUT2D eigenvalue weighted by molar-refractivity contribution is -0.134. The number of hydrogen-bond acceptors (Lipinski definition) is 2. The number of amides is 1. The van der Waals surface area contributed by atoms with E-state index in [-0.39, 0.29) is 11.9 Å². The molecule has 0 bridgehead atoms. The van der Waals surface area contributed by atoms with Crippen LogP contribution in [-0.4, -0.2) is 29.9 Å². The second-order valence-electron chi connectivity index (χ2n) is 6.27. The molecule has 0 spiro atoms. The van der Waals surface area contributed by atoms with E-state index in [0.29, 0.717) is 12.0 Å². The van der Waals surface area contributed by atoms with Crippen molar-refractivity contribution in [3.05, 3.63) is 0 Å². The first kappa shape index (κ1) is 15.5. The van der Waals surface area contributed by atoms with Gasteiger partial charge in [0, 0.05) is 13.1 Å². The number of nitrogens with zero attached hydrogens (tertiary/aromatic N) is 1. The standard InChI is InChI=1S/C15H30N2O/c1-5-12-6-8-13(9-7-12)17(4)15(18)14(16)10-11(2)3/h11-14H,5-10,16H2,1-4H3. The van der Waals surface area contributed by atoms with Crippen LogP contribution in [-0.2, 0) is 4.79 Å². The van der Waals surface area contributed by atoms with E-state index in [9.17, 15) is 4.79 Å². The molecule has 18 heavy (non-hydrogen) atoms. The van der Waals surface area contributed by atoms with Crippen molar-refractivity contribution in [3.63, 3.8) is 0 Å². The number of carbonyl (C=O) groups is 1. The van der Waals surface area contributed by atoms with Gasteiger partial charge in [0.25, 0.3) is 0 Å². The van der Waals surface area contributed by atoms with Gasteiger partial charge in [-0.2, -0.15) is 0 Å². The van der Waals surface area contributed by atoms with Crippen molar-refractivity contribution in [2.75, 3.05) is 7.05 Å². The Morgan fingerprint density at radius 3 is 2.28 bits per heavy atom. The minimum Gasteiger partial charge on any atom is -0.341 e. The summed E-state index contributed by atoms with van der Waals surface area (Å²) in [4.78, 5) is 14.1. The Kier molecular flexibility index (Phi) is 6.13. The minimum absolute atomic E-state index is 0.128. The van der Waals surface area contributed by atoms with Crippen molar-refractivity contribution in [1.29, 1.82) is 0 Å². The van der Waals surface area contributed by atoms with Crippen LogP contribution in [0.1, 0.15) is 59.3 Å². The highest BCUT2D eigenvalue weighted by Crippen LogP contribution is 2.29. The maximum Gasteiger partial charge on any atom is 0.239 e. The Hall–Kier alpha value is -0.570. The minimum atomic E-state index is -0.320. The lowest BCUT2D eigenvalue weighted by Crippen LogP contribution is -2.48. The molecule has 1 aliphatic rings. The van der Waals surface area contributed by atoms with Crippen LogP contribution < -0.4 is 5.73 Å². The van der Waals surface area contributed by atoms with E-state index in [2.05, 4.69) is 20.8 Å². The monoisotopic (exact) mass is 254 g/mol. The lowest BCUT2D eigenvalue weighted by Gasteiger charge is -2.35. The number of likely N-dealkylation sites (N-methyl/N-ethyl adjacent to an activating group) is 1. The molecule has 3 heteroatoms. The quantitative estimate of drug-likeness (QED) is 0.820. The maximum atomic E-state index is 12.2. The molecule has 1 aliphatic carbocycles. The summed E-state index contributed by atoms with van der Waals surface area (Å²) in [6.45, 7) is 6.48.